The van der Waals surface area contributed by atoms with Crippen molar-refractivity contribution in [3.8, 4) is 5.75 Å². The van der Waals surface area contributed by atoms with Crippen LogP contribution in [0.4, 0.5) is 5.69 Å². The van der Waals surface area contributed by atoms with E-state index >= 15 is 0 Å². The van der Waals surface area contributed by atoms with Gasteiger partial charge in [-0.1, -0.05) is 50.6 Å². The lowest BCUT2D eigenvalue weighted by Gasteiger charge is -2.33. The van der Waals surface area contributed by atoms with E-state index in [4.69, 9.17) is 16.3 Å². The number of hydrogen-bond acceptors (Lipinski definition) is 5. The Morgan fingerprint density at radius 3 is 2.39 bits per heavy atom. The highest BCUT2D eigenvalue weighted by molar-refractivity contribution is 7.92. The lowest BCUT2D eigenvalue weighted by atomic mass is 10.1. The van der Waals surface area contributed by atoms with E-state index in [0.29, 0.717) is 35.0 Å². The molecule has 36 heavy (non-hydrogen) atoms. The van der Waals surface area contributed by atoms with Gasteiger partial charge < -0.3 is 15.0 Å². The lowest BCUT2D eigenvalue weighted by molar-refractivity contribution is -0.140. The fourth-order valence-corrected chi connectivity index (χ4v) is 4.84. The average molecular weight is 538 g/mol. The molecule has 8 nitrogen and oxygen atoms in total. The van der Waals surface area contributed by atoms with Gasteiger partial charge in [0, 0.05) is 18.1 Å². The highest BCUT2D eigenvalue weighted by atomic mass is 35.5. The molecule has 0 saturated carbocycles. The molecule has 2 aromatic carbocycles. The molecule has 2 rings (SSSR count). The van der Waals surface area contributed by atoms with Crippen LogP contribution in [0.15, 0.2) is 42.5 Å². The quantitative estimate of drug-likeness (QED) is 0.441. The van der Waals surface area contributed by atoms with Crippen molar-refractivity contribution < 1.29 is 22.7 Å². The number of amides is 2. The number of methoxy groups -OCH3 is 1. The van der Waals surface area contributed by atoms with E-state index in [1.807, 2.05) is 26.8 Å². The van der Waals surface area contributed by atoms with Gasteiger partial charge in [0.1, 0.15) is 18.3 Å². The van der Waals surface area contributed by atoms with Gasteiger partial charge in [0.25, 0.3) is 0 Å². The van der Waals surface area contributed by atoms with Crippen LogP contribution < -0.4 is 14.4 Å². The summed E-state index contributed by atoms with van der Waals surface area (Å²) >= 11 is 6.24. The Balaban J connectivity index is 2.48. The van der Waals surface area contributed by atoms with Crippen LogP contribution in [-0.4, -0.2) is 57.6 Å². The number of carbonyl (C=O) groups excluding carboxylic acids is 2. The third-order valence-electron chi connectivity index (χ3n) is 5.74. The van der Waals surface area contributed by atoms with Crippen molar-refractivity contribution in [1.29, 1.82) is 0 Å². The zero-order chi connectivity index (χ0) is 27.0. The summed E-state index contributed by atoms with van der Waals surface area (Å²) in [6.45, 7) is 7.58. The van der Waals surface area contributed by atoms with Gasteiger partial charge in [-0.3, -0.25) is 13.9 Å². The molecule has 198 valence electrons. The molecule has 0 radical (unpaired) electrons. The van der Waals surface area contributed by atoms with Crippen LogP contribution >= 0.6 is 11.6 Å². The molecule has 0 aliphatic rings. The van der Waals surface area contributed by atoms with Crippen LogP contribution in [-0.2, 0) is 26.2 Å². The average Bonchev–Trinajstić information content (AvgIpc) is 2.82. The van der Waals surface area contributed by atoms with Crippen molar-refractivity contribution in [2.45, 2.75) is 46.7 Å². The fourth-order valence-electron chi connectivity index (χ4n) is 3.77. The summed E-state index contributed by atoms with van der Waals surface area (Å²) in [5.74, 6) is 0.0616. The fraction of sp³-hybridized carbons (Fsp3) is 0.462. The number of sulfonamides is 1. The normalized spacial score (nSPS) is 12.2. The number of nitrogens with one attached hydrogen (secondary N) is 1. The minimum atomic E-state index is -3.84. The van der Waals surface area contributed by atoms with E-state index in [1.54, 1.807) is 50.4 Å². The summed E-state index contributed by atoms with van der Waals surface area (Å²) in [5.41, 5.74) is 1.61. The Morgan fingerprint density at radius 2 is 1.81 bits per heavy atom. The largest absolute Gasteiger partial charge is 0.497 e. The van der Waals surface area contributed by atoms with Gasteiger partial charge >= 0.3 is 0 Å². The Labute approximate surface area is 219 Å². The van der Waals surface area contributed by atoms with Crippen LogP contribution in [0.3, 0.4) is 0 Å². The minimum Gasteiger partial charge on any atom is -0.497 e. The first-order chi connectivity index (χ1) is 16.9. The topological polar surface area (TPSA) is 96.0 Å². The first-order valence-corrected chi connectivity index (χ1v) is 14.0. The summed E-state index contributed by atoms with van der Waals surface area (Å²) in [6, 6.07) is 11.3. The van der Waals surface area contributed by atoms with Crippen molar-refractivity contribution in [2.75, 3.05) is 30.8 Å². The minimum absolute atomic E-state index is 0.107. The monoisotopic (exact) mass is 537 g/mol. The SMILES string of the molecule is CCC(C(=O)NCC(C)C)N(Cc1cccc(OC)c1)C(=O)CN(c1cccc(Cl)c1C)S(C)(=O)=O. The van der Waals surface area contributed by atoms with E-state index in [9.17, 15) is 18.0 Å². The molecule has 0 bridgehead atoms. The third-order valence-corrected chi connectivity index (χ3v) is 7.28. The van der Waals surface area contributed by atoms with Crippen molar-refractivity contribution in [3.63, 3.8) is 0 Å². The van der Waals surface area contributed by atoms with Gasteiger partial charge in [-0.15, -0.1) is 0 Å². The van der Waals surface area contributed by atoms with Crippen molar-refractivity contribution in [2.24, 2.45) is 5.92 Å². The molecule has 2 aromatic rings. The van der Waals surface area contributed by atoms with Gasteiger partial charge in [0.15, 0.2) is 0 Å². The molecule has 1 N–H and O–H groups in total. The maximum Gasteiger partial charge on any atom is 0.244 e. The van der Waals surface area contributed by atoms with Crippen LogP contribution in [0, 0.1) is 12.8 Å². The molecule has 0 aromatic heterocycles. The van der Waals surface area contributed by atoms with Gasteiger partial charge in [-0.25, -0.2) is 8.42 Å². The number of ether oxygens (including phenoxy) is 1. The van der Waals surface area contributed by atoms with Crippen LogP contribution in [0.25, 0.3) is 0 Å². The first-order valence-electron chi connectivity index (χ1n) is 11.8. The molecule has 1 unspecified atom stereocenters. The van der Waals surface area contributed by atoms with Crippen molar-refractivity contribution >= 4 is 39.1 Å². The second kappa shape index (κ2) is 13.0. The number of benzene rings is 2. The molecule has 0 aliphatic carbocycles. The molecular formula is C26H36ClN3O5S. The Kier molecular flexibility index (Phi) is 10.6. The van der Waals surface area contributed by atoms with E-state index in [-0.39, 0.29) is 18.4 Å². The lowest BCUT2D eigenvalue weighted by Crippen LogP contribution is -2.52. The number of rotatable bonds is 12. The zero-order valence-corrected chi connectivity index (χ0v) is 23.3. The highest BCUT2D eigenvalue weighted by Gasteiger charge is 2.32. The summed E-state index contributed by atoms with van der Waals surface area (Å²) in [6.07, 6.45) is 1.40. The maximum absolute atomic E-state index is 13.7. The molecular weight excluding hydrogens is 502 g/mol. The molecule has 2 amide bonds. The molecule has 0 spiro atoms. The summed E-state index contributed by atoms with van der Waals surface area (Å²) in [5, 5.41) is 3.29. The van der Waals surface area contributed by atoms with E-state index < -0.39 is 28.5 Å². The van der Waals surface area contributed by atoms with Gasteiger partial charge in [-0.2, -0.15) is 0 Å². The van der Waals surface area contributed by atoms with Gasteiger partial charge in [-0.05, 0) is 54.7 Å². The summed E-state index contributed by atoms with van der Waals surface area (Å²) in [7, 11) is -2.29. The number of hydrogen-bond donors (Lipinski definition) is 1. The second-order valence-electron chi connectivity index (χ2n) is 9.09. The molecule has 1 atom stereocenters. The molecule has 0 saturated heterocycles. The van der Waals surface area contributed by atoms with Gasteiger partial charge in [0.05, 0.1) is 19.1 Å². The maximum atomic E-state index is 13.7. The van der Waals surface area contributed by atoms with E-state index in [2.05, 4.69) is 5.32 Å². The predicted molar refractivity (Wildman–Crippen MR) is 144 cm³/mol. The molecule has 0 aliphatic heterocycles. The second-order valence-corrected chi connectivity index (χ2v) is 11.4. The standard InChI is InChI=1S/C26H36ClN3O5S/c1-7-23(26(32)28-15-18(2)3)29(16-20-10-8-11-21(14-20)35-5)25(31)17-30(36(6,33)34)24-13-9-12-22(27)19(24)4/h8-14,18,23H,7,15-17H2,1-6H3,(H,28,32). The van der Waals surface area contributed by atoms with Gasteiger partial charge in [0.2, 0.25) is 21.8 Å². The zero-order valence-electron chi connectivity index (χ0n) is 21.7. The summed E-state index contributed by atoms with van der Waals surface area (Å²) in [4.78, 5) is 28.3. The van der Waals surface area contributed by atoms with E-state index in [0.717, 1.165) is 16.1 Å². The summed E-state index contributed by atoms with van der Waals surface area (Å²) < 4.78 is 31.9. The first kappa shape index (κ1) is 29.5. The molecule has 0 heterocycles. The third kappa shape index (κ3) is 7.86. The number of nitrogens with zero attached hydrogens (tertiary/aromatic N) is 2. The Hall–Kier alpha value is -2.78. The number of halogens is 1. The van der Waals surface area contributed by atoms with Crippen molar-refractivity contribution in [3.05, 3.63) is 58.6 Å². The van der Waals surface area contributed by atoms with Crippen LogP contribution in [0.1, 0.15) is 38.3 Å². The number of carbonyl (C=O) groups is 2. The molecule has 10 heteroatoms. The van der Waals surface area contributed by atoms with Crippen LogP contribution in [0.5, 0.6) is 5.75 Å². The Morgan fingerprint density at radius 1 is 1.14 bits per heavy atom. The molecule has 0 fully saturated rings. The predicted octanol–water partition coefficient (Wildman–Crippen LogP) is 4.00. The highest BCUT2D eigenvalue weighted by Crippen LogP contribution is 2.28. The van der Waals surface area contributed by atoms with Crippen LogP contribution in [0.2, 0.25) is 5.02 Å². The smallest absolute Gasteiger partial charge is 0.244 e. The number of anilines is 1. The van der Waals surface area contributed by atoms with Crippen molar-refractivity contribution in [1.82, 2.24) is 10.2 Å². The Bertz CT molecular complexity index is 1170. The van der Waals surface area contributed by atoms with E-state index in [1.165, 1.54) is 4.90 Å².